The zero-order valence-electron chi connectivity index (χ0n) is 14.1. The molecule has 2 saturated carbocycles. The largest absolute Gasteiger partial charge is 0.0654 e. The van der Waals surface area contributed by atoms with Crippen molar-refractivity contribution in [2.45, 2.75) is 77.0 Å². The van der Waals surface area contributed by atoms with E-state index in [0.717, 1.165) is 23.7 Å². The second kappa shape index (κ2) is 8.17. The minimum atomic E-state index is 0.842. The minimum absolute atomic E-state index is 0.842. The molecule has 2 aliphatic rings. The third kappa shape index (κ3) is 4.27. The molecular formula is C21H31I. The van der Waals surface area contributed by atoms with E-state index >= 15 is 0 Å². The predicted octanol–water partition coefficient (Wildman–Crippen LogP) is 7.17. The zero-order chi connectivity index (χ0) is 15.4. The minimum Gasteiger partial charge on any atom is -0.0654 e. The van der Waals surface area contributed by atoms with Crippen molar-refractivity contribution < 1.29 is 0 Å². The Morgan fingerprint density at radius 2 is 1.64 bits per heavy atom. The number of hydrogen-bond acceptors (Lipinski definition) is 0. The van der Waals surface area contributed by atoms with Crippen LogP contribution in [0.5, 0.6) is 0 Å². The van der Waals surface area contributed by atoms with E-state index < -0.39 is 0 Å². The van der Waals surface area contributed by atoms with Gasteiger partial charge in [0.05, 0.1) is 0 Å². The Bertz CT molecular complexity index is 449. The van der Waals surface area contributed by atoms with Crippen LogP contribution >= 0.6 is 22.6 Å². The van der Waals surface area contributed by atoms with Gasteiger partial charge in [0.2, 0.25) is 0 Å². The molecule has 3 rings (SSSR count). The highest BCUT2D eigenvalue weighted by Gasteiger charge is 2.35. The smallest absolute Gasteiger partial charge is 0.0130 e. The van der Waals surface area contributed by atoms with E-state index in [-0.39, 0.29) is 0 Å². The number of benzene rings is 1. The van der Waals surface area contributed by atoms with Crippen LogP contribution in [-0.2, 0) is 0 Å². The fraction of sp³-hybridized carbons (Fsp3) is 0.714. The average Bonchev–Trinajstić information content (AvgIpc) is 2.55. The van der Waals surface area contributed by atoms with Crippen molar-refractivity contribution in [2.24, 2.45) is 17.8 Å². The van der Waals surface area contributed by atoms with Crippen molar-refractivity contribution in [3.05, 3.63) is 33.4 Å². The molecule has 0 N–H and O–H groups in total. The Morgan fingerprint density at radius 1 is 0.909 bits per heavy atom. The standard InChI is InChI=1S/C21H31I/c1-2-3-4-5-16-6-7-20-15-19(9-8-18(20)14-16)17-10-12-21(22)13-11-17/h10-13,16,18-20H,2-9,14-15H2,1H3/t16-,18-,19+,20+/m0/s1. The van der Waals surface area contributed by atoms with Crippen LogP contribution in [0.2, 0.25) is 0 Å². The maximum Gasteiger partial charge on any atom is 0.0130 e. The third-order valence-corrected chi connectivity index (χ3v) is 7.00. The van der Waals surface area contributed by atoms with Gasteiger partial charge >= 0.3 is 0 Å². The first kappa shape index (κ1) is 16.8. The molecule has 2 aliphatic carbocycles. The first-order valence-corrected chi connectivity index (χ1v) is 10.6. The van der Waals surface area contributed by atoms with Gasteiger partial charge in [-0.05, 0) is 96.1 Å². The Balaban J connectivity index is 1.52. The number of rotatable bonds is 5. The molecule has 0 aliphatic heterocycles. The molecule has 2 fully saturated rings. The molecule has 0 saturated heterocycles. The number of unbranched alkanes of at least 4 members (excludes halogenated alkanes) is 2. The van der Waals surface area contributed by atoms with Gasteiger partial charge in [-0.1, -0.05) is 51.2 Å². The first-order chi connectivity index (χ1) is 10.8. The summed E-state index contributed by atoms with van der Waals surface area (Å²) < 4.78 is 1.36. The van der Waals surface area contributed by atoms with Gasteiger partial charge < -0.3 is 0 Å². The molecule has 0 spiro atoms. The van der Waals surface area contributed by atoms with Crippen LogP contribution in [-0.4, -0.2) is 0 Å². The zero-order valence-corrected chi connectivity index (χ0v) is 16.2. The van der Waals surface area contributed by atoms with Crippen LogP contribution < -0.4 is 0 Å². The fourth-order valence-electron chi connectivity index (χ4n) is 4.97. The van der Waals surface area contributed by atoms with Gasteiger partial charge in [-0.15, -0.1) is 0 Å². The molecule has 0 amide bonds. The summed E-state index contributed by atoms with van der Waals surface area (Å²) in [5.41, 5.74) is 1.60. The normalized spacial score (nSPS) is 31.7. The molecular weight excluding hydrogens is 379 g/mol. The van der Waals surface area contributed by atoms with Gasteiger partial charge in [-0.2, -0.15) is 0 Å². The highest BCUT2D eigenvalue weighted by atomic mass is 127. The maximum atomic E-state index is 2.41. The van der Waals surface area contributed by atoms with Gasteiger partial charge in [-0.3, -0.25) is 0 Å². The highest BCUT2D eigenvalue weighted by molar-refractivity contribution is 14.1. The summed E-state index contributed by atoms with van der Waals surface area (Å²) in [4.78, 5) is 0. The van der Waals surface area contributed by atoms with Gasteiger partial charge in [0.25, 0.3) is 0 Å². The average molecular weight is 410 g/mol. The lowest BCUT2D eigenvalue weighted by molar-refractivity contribution is 0.113. The second-order valence-corrected chi connectivity index (χ2v) is 9.00. The Hall–Kier alpha value is -0.0500. The van der Waals surface area contributed by atoms with Gasteiger partial charge in [0, 0.05) is 3.57 Å². The van der Waals surface area contributed by atoms with E-state index in [9.17, 15) is 0 Å². The van der Waals surface area contributed by atoms with Crippen molar-refractivity contribution in [2.75, 3.05) is 0 Å². The van der Waals surface area contributed by atoms with E-state index in [1.165, 1.54) is 61.4 Å². The molecule has 1 aromatic carbocycles. The lowest BCUT2D eigenvalue weighted by Crippen LogP contribution is -2.30. The van der Waals surface area contributed by atoms with Crippen LogP contribution in [0, 0.1) is 21.3 Å². The molecule has 0 radical (unpaired) electrons. The van der Waals surface area contributed by atoms with Crippen molar-refractivity contribution in [1.82, 2.24) is 0 Å². The molecule has 0 nitrogen and oxygen atoms in total. The highest BCUT2D eigenvalue weighted by Crippen LogP contribution is 2.48. The molecule has 0 heterocycles. The van der Waals surface area contributed by atoms with E-state index in [1.54, 1.807) is 12.0 Å². The first-order valence-electron chi connectivity index (χ1n) is 9.51. The van der Waals surface area contributed by atoms with Gasteiger partial charge in [-0.25, -0.2) is 0 Å². The second-order valence-electron chi connectivity index (χ2n) is 7.76. The summed E-state index contributed by atoms with van der Waals surface area (Å²) in [7, 11) is 0. The molecule has 1 aromatic rings. The summed E-state index contributed by atoms with van der Waals surface area (Å²) >= 11 is 2.41. The molecule has 4 atom stereocenters. The van der Waals surface area contributed by atoms with Crippen molar-refractivity contribution >= 4 is 22.6 Å². The molecule has 1 heteroatoms. The summed E-state index contributed by atoms with van der Waals surface area (Å²) in [6, 6.07) is 9.32. The van der Waals surface area contributed by atoms with Crippen molar-refractivity contribution in [3.8, 4) is 0 Å². The summed E-state index contributed by atoms with van der Waals surface area (Å²) in [5.74, 6) is 3.98. The van der Waals surface area contributed by atoms with Crippen LogP contribution in [0.1, 0.15) is 82.6 Å². The quantitative estimate of drug-likeness (QED) is 0.357. The number of hydrogen-bond donors (Lipinski definition) is 0. The van der Waals surface area contributed by atoms with Crippen molar-refractivity contribution in [3.63, 3.8) is 0 Å². The monoisotopic (exact) mass is 410 g/mol. The summed E-state index contributed by atoms with van der Waals surface area (Å²) in [6.45, 7) is 2.32. The molecule has 22 heavy (non-hydrogen) atoms. The predicted molar refractivity (Wildman–Crippen MR) is 104 cm³/mol. The van der Waals surface area contributed by atoms with Crippen LogP contribution in [0.3, 0.4) is 0 Å². The van der Waals surface area contributed by atoms with Crippen molar-refractivity contribution in [1.29, 1.82) is 0 Å². The van der Waals surface area contributed by atoms with E-state index in [0.29, 0.717) is 0 Å². The van der Waals surface area contributed by atoms with E-state index in [4.69, 9.17) is 0 Å². The molecule has 0 unspecified atom stereocenters. The van der Waals surface area contributed by atoms with Gasteiger partial charge in [0.15, 0.2) is 0 Å². The van der Waals surface area contributed by atoms with Crippen LogP contribution in [0.15, 0.2) is 24.3 Å². The Labute approximate surface area is 150 Å². The van der Waals surface area contributed by atoms with Crippen LogP contribution in [0.25, 0.3) is 0 Å². The van der Waals surface area contributed by atoms with E-state index in [2.05, 4.69) is 53.8 Å². The summed E-state index contributed by atoms with van der Waals surface area (Å²) in [5, 5.41) is 0. The Morgan fingerprint density at radius 3 is 2.41 bits per heavy atom. The lowest BCUT2D eigenvalue weighted by Gasteiger charge is -2.42. The summed E-state index contributed by atoms with van der Waals surface area (Å²) in [6.07, 6.45) is 14.8. The Kier molecular flexibility index (Phi) is 6.24. The fourth-order valence-corrected chi connectivity index (χ4v) is 5.33. The molecule has 0 aromatic heterocycles. The number of fused-ring (bicyclic) bond motifs is 1. The topological polar surface area (TPSA) is 0 Å². The molecule has 0 bridgehead atoms. The van der Waals surface area contributed by atoms with E-state index in [1.807, 2.05) is 0 Å². The third-order valence-electron chi connectivity index (χ3n) is 6.28. The SMILES string of the molecule is CCCCC[C@H]1CC[C@@H]2C[C@H](c3ccc(I)cc3)CC[C@H]2C1. The maximum absolute atomic E-state index is 2.41. The van der Waals surface area contributed by atoms with Gasteiger partial charge in [0.1, 0.15) is 0 Å². The number of halogens is 1. The lowest BCUT2D eigenvalue weighted by atomic mass is 9.63. The molecule has 122 valence electrons. The van der Waals surface area contributed by atoms with Crippen LogP contribution in [0.4, 0.5) is 0 Å².